The normalized spacial score (nSPS) is 18.5. The molecular formula is C22H30N2O2. The molecule has 4 heteroatoms. The fourth-order valence-electron chi connectivity index (χ4n) is 3.65. The second-order valence-corrected chi connectivity index (χ2v) is 7.29. The highest BCUT2D eigenvalue weighted by Crippen LogP contribution is 2.09. The van der Waals surface area contributed by atoms with Gasteiger partial charge in [0.2, 0.25) is 0 Å². The van der Waals surface area contributed by atoms with Crippen LogP contribution in [0.2, 0.25) is 0 Å². The molecule has 2 aromatic carbocycles. The molecule has 140 valence electrons. The predicted molar refractivity (Wildman–Crippen MR) is 105 cm³/mol. The molecule has 0 spiro atoms. The topological polar surface area (TPSA) is 46.9 Å². The van der Waals surface area contributed by atoms with Crippen LogP contribution in [0.3, 0.4) is 0 Å². The summed E-state index contributed by atoms with van der Waals surface area (Å²) in [5, 5.41) is 20.7. The molecule has 3 rings (SSSR count). The minimum atomic E-state index is -0.326. The van der Waals surface area contributed by atoms with Gasteiger partial charge in [0.1, 0.15) is 0 Å². The molecule has 1 saturated heterocycles. The first-order valence-corrected chi connectivity index (χ1v) is 9.58. The van der Waals surface area contributed by atoms with Crippen molar-refractivity contribution in [2.24, 2.45) is 0 Å². The van der Waals surface area contributed by atoms with Gasteiger partial charge >= 0.3 is 0 Å². The van der Waals surface area contributed by atoms with Gasteiger partial charge in [-0.3, -0.25) is 9.80 Å². The van der Waals surface area contributed by atoms with E-state index in [9.17, 15) is 10.2 Å². The Morgan fingerprint density at radius 3 is 1.31 bits per heavy atom. The van der Waals surface area contributed by atoms with Gasteiger partial charge in [0.15, 0.2) is 0 Å². The number of nitrogens with zero attached hydrogens (tertiary/aromatic N) is 2. The van der Waals surface area contributed by atoms with E-state index in [1.807, 2.05) is 36.4 Å². The van der Waals surface area contributed by atoms with Gasteiger partial charge in [-0.25, -0.2) is 0 Å². The third kappa shape index (κ3) is 6.22. The van der Waals surface area contributed by atoms with Crippen molar-refractivity contribution in [2.45, 2.75) is 25.0 Å². The Bertz CT molecular complexity index is 570. The molecule has 1 fully saturated rings. The zero-order valence-corrected chi connectivity index (χ0v) is 15.4. The van der Waals surface area contributed by atoms with Crippen LogP contribution in [0.25, 0.3) is 0 Å². The number of hydrogen-bond acceptors (Lipinski definition) is 4. The first-order chi connectivity index (χ1) is 12.7. The molecule has 1 aliphatic rings. The summed E-state index contributed by atoms with van der Waals surface area (Å²) in [6.45, 7) is 5.23. The fourth-order valence-corrected chi connectivity index (χ4v) is 3.65. The number of aliphatic hydroxyl groups excluding tert-OH is 2. The zero-order chi connectivity index (χ0) is 18.2. The van der Waals surface area contributed by atoms with Crippen LogP contribution in [0, 0.1) is 0 Å². The first-order valence-electron chi connectivity index (χ1n) is 9.58. The molecule has 1 aliphatic heterocycles. The maximum absolute atomic E-state index is 10.3. The average molecular weight is 354 g/mol. The molecule has 2 aromatic rings. The highest BCUT2D eigenvalue weighted by Gasteiger charge is 2.21. The van der Waals surface area contributed by atoms with Crippen molar-refractivity contribution in [1.29, 1.82) is 0 Å². The molecule has 0 amide bonds. The van der Waals surface area contributed by atoms with Crippen LogP contribution >= 0.6 is 0 Å². The van der Waals surface area contributed by atoms with Crippen LogP contribution in [-0.4, -0.2) is 71.5 Å². The van der Waals surface area contributed by atoms with Crippen molar-refractivity contribution in [2.75, 3.05) is 39.3 Å². The van der Waals surface area contributed by atoms with Crippen molar-refractivity contribution in [3.8, 4) is 0 Å². The molecule has 0 saturated carbocycles. The lowest BCUT2D eigenvalue weighted by molar-refractivity contribution is 0.0490. The fraction of sp³-hybridized carbons (Fsp3) is 0.455. The number of benzene rings is 2. The van der Waals surface area contributed by atoms with Crippen LogP contribution in [0.1, 0.15) is 11.1 Å². The summed E-state index contributed by atoms with van der Waals surface area (Å²) in [5.74, 6) is 0. The van der Waals surface area contributed by atoms with Gasteiger partial charge in [-0.1, -0.05) is 60.7 Å². The minimum Gasteiger partial charge on any atom is -0.391 e. The van der Waals surface area contributed by atoms with E-state index >= 15 is 0 Å². The summed E-state index contributed by atoms with van der Waals surface area (Å²) >= 11 is 0. The van der Waals surface area contributed by atoms with E-state index in [0.717, 1.165) is 39.3 Å². The van der Waals surface area contributed by atoms with Crippen molar-refractivity contribution >= 4 is 0 Å². The second kappa shape index (κ2) is 9.83. The zero-order valence-electron chi connectivity index (χ0n) is 15.4. The maximum Gasteiger partial charge on any atom is 0.0707 e. The molecule has 2 unspecified atom stereocenters. The van der Waals surface area contributed by atoms with Gasteiger partial charge < -0.3 is 10.2 Å². The van der Waals surface area contributed by atoms with Crippen LogP contribution < -0.4 is 0 Å². The van der Waals surface area contributed by atoms with E-state index in [1.54, 1.807) is 0 Å². The molecule has 1 heterocycles. The summed E-state index contributed by atoms with van der Waals surface area (Å²) in [7, 11) is 0. The third-order valence-corrected chi connectivity index (χ3v) is 5.03. The highest BCUT2D eigenvalue weighted by atomic mass is 16.3. The summed E-state index contributed by atoms with van der Waals surface area (Å²) in [4.78, 5) is 4.65. The van der Waals surface area contributed by atoms with E-state index in [4.69, 9.17) is 0 Å². The number of rotatable bonds is 8. The van der Waals surface area contributed by atoms with Crippen molar-refractivity contribution < 1.29 is 10.2 Å². The minimum absolute atomic E-state index is 0.326. The lowest BCUT2D eigenvalue weighted by Crippen LogP contribution is -2.50. The van der Waals surface area contributed by atoms with E-state index in [-0.39, 0.29) is 12.2 Å². The molecule has 0 aromatic heterocycles. The Kier molecular flexibility index (Phi) is 7.21. The first kappa shape index (κ1) is 19.1. The summed E-state index contributed by atoms with van der Waals surface area (Å²) in [6.07, 6.45) is 0.758. The smallest absolute Gasteiger partial charge is 0.0707 e. The van der Waals surface area contributed by atoms with Crippen LogP contribution in [0.4, 0.5) is 0 Å². The van der Waals surface area contributed by atoms with Gasteiger partial charge in [0, 0.05) is 39.3 Å². The van der Waals surface area contributed by atoms with Crippen molar-refractivity contribution in [1.82, 2.24) is 9.80 Å². The molecular weight excluding hydrogens is 324 g/mol. The number of aliphatic hydroxyl groups is 2. The Labute approximate surface area is 156 Å². The molecule has 0 aliphatic carbocycles. The van der Waals surface area contributed by atoms with Crippen LogP contribution in [-0.2, 0) is 12.8 Å². The summed E-state index contributed by atoms with van der Waals surface area (Å²) in [6, 6.07) is 20.3. The molecule has 2 atom stereocenters. The van der Waals surface area contributed by atoms with Crippen molar-refractivity contribution in [3.05, 3.63) is 71.8 Å². The monoisotopic (exact) mass is 354 g/mol. The Hall–Kier alpha value is -1.72. The Morgan fingerprint density at radius 2 is 0.962 bits per heavy atom. The lowest BCUT2D eigenvalue weighted by atomic mass is 10.1. The molecule has 26 heavy (non-hydrogen) atoms. The maximum atomic E-state index is 10.3. The summed E-state index contributed by atoms with van der Waals surface area (Å²) < 4.78 is 0. The molecule has 2 N–H and O–H groups in total. The molecule has 0 bridgehead atoms. The van der Waals surface area contributed by atoms with E-state index in [2.05, 4.69) is 34.1 Å². The largest absolute Gasteiger partial charge is 0.391 e. The highest BCUT2D eigenvalue weighted by molar-refractivity contribution is 5.16. The molecule has 4 nitrogen and oxygen atoms in total. The SMILES string of the molecule is OC(Cc1ccccc1)CN1CCN(CC(O)Cc2ccccc2)CC1. The number of β-amino-alcohol motifs (C(OH)–C–C–N with tert-alkyl or cyclic N) is 2. The van der Waals surface area contributed by atoms with Crippen molar-refractivity contribution in [3.63, 3.8) is 0 Å². The van der Waals surface area contributed by atoms with Gasteiger partial charge in [-0.05, 0) is 24.0 Å². The van der Waals surface area contributed by atoms with Gasteiger partial charge in [-0.15, -0.1) is 0 Å². The standard InChI is InChI=1S/C22H30N2O2/c25-21(15-19-7-3-1-4-8-19)17-23-11-13-24(14-12-23)18-22(26)16-20-9-5-2-6-10-20/h1-10,21-22,25-26H,11-18H2. The average Bonchev–Trinajstić information content (AvgIpc) is 2.65. The van der Waals surface area contributed by atoms with Gasteiger partial charge in [0.25, 0.3) is 0 Å². The summed E-state index contributed by atoms with van der Waals surface area (Å²) in [5.41, 5.74) is 2.37. The predicted octanol–water partition coefficient (Wildman–Crippen LogP) is 1.81. The second-order valence-electron chi connectivity index (χ2n) is 7.29. The van der Waals surface area contributed by atoms with E-state index in [0.29, 0.717) is 12.8 Å². The molecule has 0 radical (unpaired) electrons. The van der Waals surface area contributed by atoms with E-state index < -0.39 is 0 Å². The number of piperazine rings is 1. The van der Waals surface area contributed by atoms with Crippen LogP contribution in [0.5, 0.6) is 0 Å². The quantitative estimate of drug-likeness (QED) is 0.759. The Balaban J connectivity index is 1.36. The van der Waals surface area contributed by atoms with Gasteiger partial charge in [-0.2, -0.15) is 0 Å². The van der Waals surface area contributed by atoms with E-state index in [1.165, 1.54) is 11.1 Å². The Morgan fingerprint density at radius 1 is 0.615 bits per heavy atom. The number of hydrogen-bond donors (Lipinski definition) is 2. The van der Waals surface area contributed by atoms with Gasteiger partial charge in [0.05, 0.1) is 12.2 Å². The van der Waals surface area contributed by atoms with Crippen LogP contribution in [0.15, 0.2) is 60.7 Å². The third-order valence-electron chi connectivity index (χ3n) is 5.03. The lowest BCUT2D eigenvalue weighted by Gasteiger charge is -2.36.